The molecule has 1 aliphatic heterocycles. The fraction of sp³-hybridized carbons (Fsp3) is 0.500. The number of nitrogens with one attached hydrogen (secondary N) is 2. The Morgan fingerprint density at radius 1 is 1.32 bits per heavy atom. The quantitative estimate of drug-likeness (QED) is 0.750. The number of methoxy groups -OCH3 is 1. The van der Waals surface area contributed by atoms with Crippen LogP contribution < -0.4 is 15.4 Å². The fourth-order valence-corrected chi connectivity index (χ4v) is 2.37. The highest BCUT2D eigenvalue weighted by atomic mass is 16.6. The monoisotopic (exact) mass is 306 g/mol. The predicted octanol–water partition coefficient (Wildman–Crippen LogP) is 1.71. The molecule has 0 saturated carbocycles. The molecule has 1 aromatic carbocycles. The number of benzene rings is 1. The van der Waals surface area contributed by atoms with Crippen LogP contribution in [0.4, 0.5) is 5.69 Å². The van der Waals surface area contributed by atoms with Crippen molar-refractivity contribution in [2.45, 2.75) is 31.7 Å². The van der Waals surface area contributed by atoms with Gasteiger partial charge in [0.2, 0.25) is 5.91 Å². The summed E-state index contributed by atoms with van der Waals surface area (Å²) in [5.41, 5.74) is 0.717. The van der Waals surface area contributed by atoms with Crippen LogP contribution in [0.1, 0.15) is 25.7 Å². The summed E-state index contributed by atoms with van der Waals surface area (Å²) in [6, 6.07) is 7.38. The molecule has 22 heavy (non-hydrogen) atoms. The minimum atomic E-state index is -0.432. The largest absolute Gasteiger partial charge is 0.482 e. The summed E-state index contributed by atoms with van der Waals surface area (Å²) in [6.45, 7) is 0.927. The van der Waals surface area contributed by atoms with Crippen LogP contribution in [-0.2, 0) is 14.3 Å². The molecule has 1 amide bonds. The smallest absolute Gasteiger partial charge is 0.343 e. The van der Waals surface area contributed by atoms with Crippen LogP contribution in [0.5, 0.6) is 5.75 Å². The Balaban J connectivity index is 1.72. The average Bonchev–Trinajstić information content (AvgIpc) is 3.05. The van der Waals surface area contributed by atoms with E-state index in [9.17, 15) is 9.59 Å². The zero-order valence-corrected chi connectivity index (χ0v) is 12.8. The van der Waals surface area contributed by atoms with Gasteiger partial charge in [-0.15, -0.1) is 0 Å². The number of carbonyl (C=O) groups excluding carboxylic acids is 2. The standard InChI is InChI=1S/C16H22N2O4/c1-21-16(20)11-22-14-7-4-13(5-8-14)18-15(19)9-6-12-3-2-10-17-12/h4-5,7-8,12,17H,2-3,6,9-11H2,1H3,(H,18,19). The van der Waals surface area contributed by atoms with E-state index in [2.05, 4.69) is 15.4 Å². The lowest BCUT2D eigenvalue weighted by Crippen LogP contribution is -2.23. The summed E-state index contributed by atoms with van der Waals surface area (Å²) in [5.74, 6) is 0.133. The lowest BCUT2D eigenvalue weighted by Gasteiger charge is -2.10. The molecule has 2 N–H and O–H groups in total. The summed E-state index contributed by atoms with van der Waals surface area (Å²) < 4.78 is 9.73. The third kappa shape index (κ3) is 5.37. The van der Waals surface area contributed by atoms with Crippen LogP contribution in [0.25, 0.3) is 0 Å². The first-order valence-corrected chi connectivity index (χ1v) is 7.50. The molecule has 6 heteroatoms. The van der Waals surface area contributed by atoms with Crippen LogP contribution in [0.2, 0.25) is 0 Å². The number of anilines is 1. The Morgan fingerprint density at radius 3 is 2.73 bits per heavy atom. The van der Waals surface area contributed by atoms with E-state index in [-0.39, 0.29) is 12.5 Å². The SMILES string of the molecule is COC(=O)COc1ccc(NC(=O)CCC2CCCN2)cc1. The van der Waals surface area contributed by atoms with Gasteiger partial charge in [0, 0.05) is 18.2 Å². The first-order valence-electron chi connectivity index (χ1n) is 7.50. The third-order valence-electron chi connectivity index (χ3n) is 3.60. The highest BCUT2D eigenvalue weighted by molar-refractivity contribution is 5.90. The Hall–Kier alpha value is -2.08. The first kappa shape index (κ1) is 16.3. The highest BCUT2D eigenvalue weighted by Gasteiger charge is 2.15. The Bertz CT molecular complexity index is 495. The number of rotatable bonds is 7. The van der Waals surface area contributed by atoms with Gasteiger partial charge in [-0.2, -0.15) is 0 Å². The minimum absolute atomic E-state index is 0.0110. The van der Waals surface area contributed by atoms with Gasteiger partial charge in [-0.25, -0.2) is 4.79 Å². The normalized spacial score (nSPS) is 17.0. The summed E-state index contributed by atoms with van der Waals surface area (Å²) in [7, 11) is 1.31. The molecule has 1 heterocycles. The fourth-order valence-electron chi connectivity index (χ4n) is 2.37. The second kappa shape index (κ2) is 8.38. The van der Waals surface area contributed by atoms with Crippen molar-refractivity contribution in [2.24, 2.45) is 0 Å². The molecule has 120 valence electrons. The average molecular weight is 306 g/mol. The lowest BCUT2D eigenvalue weighted by molar-refractivity contribution is -0.142. The molecule has 0 bridgehead atoms. The molecule has 1 aromatic rings. The number of hydrogen-bond donors (Lipinski definition) is 2. The van der Waals surface area contributed by atoms with E-state index >= 15 is 0 Å². The van der Waals surface area contributed by atoms with Crippen LogP contribution >= 0.6 is 0 Å². The molecule has 1 saturated heterocycles. The van der Waals surface area contributed by atoms with Crippen molar-refractivity contribution >= 4 is 17.6 Å². The van der Waals surface area contributed by atoms with Gasteiger partial charge in [-0.05, 0) is 50.1 Å². The molecule has 1 fully saturated rings. The van der Waals surface area contributed by atoms with Crippen LogP contribution in [0.3, 0.4) is 0 Å². The number of esters is 1. The maximum Gasteiger partial charge on any atom is 0.343 e. The summed E-state index contributed by atoms with van der Waals surface area (Å²) in [6.07, 6.45) is 3.73. The zero-order chi connectivity index (χ0) is 15.8. The van der Waals surface area contributed by atoms with Gasteiger partial charge >= 0.3 is 5.97 Å². The van der Waals surface area contributed by atoms with Gasteiger partial charge in [-0.1, -0.05) is 0 Å². The molecular weight excluding hydrogens is 284 g/mol. The van der Waals surface area contributed by atoms with Crippen molar-refractivity contribution < 1.29 is 19.1 Å². The van der Waals surface area contributed by atoms with Gasteiger partial charge in [-0.3, -0.25) is 4.79 Å². The van der Waals surface area contributed by atoms with Gasteiger partial charge in [0.15, 0.2) is 6.61 Å². The van der Waals surface area contributed by atoms with E-state index < -0.39 is 5.97 Å². The lowest BCUT2D eigenvalue weighted by atomic mass is 10.1. The van der Waals surface area contributed by atoms with E-state index in [1.165, 1.54) is 13.5 Å². The molecule has 2 rings (SSSR count). The Morgan fingerprint density at radius 2 is 2.09 bits per heavy atom. The Kier molecular flexibility index (Phi) is 6.21. The van der Waals surface area contributed by atoms with Crippen molar-refractivity contribution in [2.75, 3.05) is 25.6 Å². The summed E-state index contributed by atoms with van der Waals surface area (Å²) >= 11 is 0. The van der Waals surface area contributed by atoms with Gasteiger partial charge in [0.05, 0.1) is 7.11 Å². The molecule has 0 aromatic heterocycles. The maximum atomic E-state index is 11.9. The van der Waals surface area contributed by atoms with E-state index in [4.69, 9.17) is 4.74 Å². The van der Waals surface area contributed by atoms with Gasteiger partial charge in [0.25, 0.3) is 0 Å². The van der Waals surface area contributed by atoms with Crippen LogP contribution in [-0.4, -0.2) is 38.2 Å². The number of hydrogen-bond acceptors (Lipinski definition) is 5. The predicted molar refractivity (Wildman–Crippen MR) is 82.8 cm³/mol. The van der Waals surface area contributed by atoms with E-state index in [0.29, 0.717) is 18.2 Å². The number of carbonyl (C=O) groups is 2. The van der Waals surface area contributed by atoms with Crippen molar-refractivity contribution in [1.82, 2.24) is 5.32 Å². The second-order valence-corrected chi connectivity index (χ2v) is 5.27. The Labute approximate surface area is 130 Å². The summed E-state index contributed by atoms with van der Waals surface area (Å²) in [5, 5.41) is 6.23. The van der Waals surface area contributed by atoms with Crippen molar-refractivity contribution in [3.63, 3.8) is 0 Å². The molecule has 1 unspecified atom stereocenters. The van der Waals surface area contributed by atoms with Crippen molar-refractivity contribution in [3.8, 4) is 5.75 Å². The van der Waals surface area contributed by atoms with Crippen molar-refractivity contribution in [3.05, 3.63) is 24.3 Å². The number of amides is 1. The summed E-state index contributed by atoms with van der Waals surface area (Å²) in [4.78, 5) is 22.8. The molecule has 0 spiro atoms. The third-order valence-corrected chi connectivity index (χ3v) is 3.60. The zero-order valence-electron chi connectivity index (χ0n) is 12.8. The second-order valence-electron chi connectivity index (χ2n) is 5.27. The van der Waals surface area contributed by atoms with E-state index in [0.717, 1.165) is 25.1 Å². The van der Waals surface area contributed by atoms with Gasteiger partial charge < -0.3 is 20.1 Å². The van der Waals surface area contributed by atoms with Crippen LogP contribution in [0.15, 0.2) is 24.3 Å². The van der Waals surface area contributed by atoms with E-state index in [1.54, 1.807) is 24.3 Å². The minimum Gasteiger partial charge on any atom is -0.482 e. The van der Waals surface area contributed by atoms with Gasteiger partial charge in [0.1, 0.15) is 5.75 Å². The molecule has 6 nitrogen and oxygen atoms in total. The van der Waals surface area contributed by atoms with Crippen molar-refractivity contribution in [1.29, 1.82) is 0 Å². The molecule has 0 radical (unpaired) electrons. The number of ether oxygens (including phenoxy) is 2. The molecule has 0 aliphatic carbocycles. The first-order chi connectivity index (χ1) is 10.7. The topological polar surface area (TPSA) is 76.7 Å². The van der Waals surface area contributed by atoms with E-state index in [1.807, 2.05) is 0 Å². The molecule has 1 atom stereocenters. The highest BCUT2D eigenvalue weighted by Crippen LogP contribution is 2.17. The molecular formula is C16H22N2O4. The maximum absolute atomic E-state index is 11.9. The van der Waals surface area contributed by atoms with Crippen LogP contribution in [0, 0.1) is 0 Å². The molecule has 1 aliphatic rings.